The summed E-state index contributed by atoms with van der Waals surface area (Å²) >= 11 is 0. The predicted molar refractivity (Wildman–Crippen MR) is 114 cm³/mol. The van der Waals surface area contributed by atoms with Crippen molar-refractivity contribution in [3.05, 3.63) is 41.8 Å². The number of nitrogens with one attached hydrogen (secondary N) is 1. The highest BCUT2D eigenvalue weighted by Gasteiger charge is 2.31. The largest absolute Gasteiger partial charge is 0.450 e. The number of aromatic amines is 1. The minimum absolute atomic E-state index is 0.243. The van der Waals surface area contributed by atoms with Crippen molar-refractivity contribution < 1.29 is 22.3 Å². The van der Waals surface area contributed by atoms with E-state index in [1.165, 1.54) is 25.6 Å². The Morgan fingerprint density at radius 3 is 2.55 bits per heavy atom. The molecule has 9 nitrogen and oxygen atoms in total. The molecule has 0 radical (unpaired) electrons. The van der Waals surface area contributed by atoms with Crippen molar-refractivity contribution in [3.8, 4) is 11.3 Å². The number of carbonyl (C=O) groups excluding carboxylic acids is 1. The smallest absolute Gasteiger partial charge is 0.409 e. The number of carbonyl (C=O) groups is 1. The summed E-state index contributed by atoms with van der Waals surface area (Å²) in [6.45, 7) is 3.49. The molecule has 0 unspecified atom stereocenters. The second-order valence-corrected chi connectivity index (χ2v) is 9.34. The van der Waals surface area contributed by atoms with E-state index >= 15 is 0 Å². The van der Waals surface area contributed by atoms with Gasteiger partial charge in [-0.15, -0.1) is 0 Å². The van der Waals surface area contributed by atoms with E-state index in [2.05, 4.69) is 10.2 Å². The highest BCUT2D eigenvalue weighted by molar-refractivity contribution is 7.86. The van der Waals surface area contributed by atoms with Crippen LogP contribution in [0.2, 0.25) is 0 Å². The number of nitrogens with zero attached hydrogens (tertiary/aromatic N) is 4. The van der Waals surface area contributed by atoms with Crippen molar-refractivity contribution in [3.63, 3.8) is 0 Å². The third-order valence-electron chi connectivity index (χ3n) is 5.17. The topological polar surface area (TPSA) is 98.8 Å². The van der Waals surface area contributed by atoms with Gasteiger partial charge in [-0.2, -0.15) is 22.1 Å². The highest BCUT2D eigenvalue weighted by Crippen LogP contribution is 2.19. The van der Waals surface area contributed by atoms with Gasteiger partial charge in [0.15, 0.2) is 0 Å². The number of halogens is 1. The average Bonchev–Trinajstić information content (AvgIpc) is 3.23. The zero-order valence-electron chi connectivity index (χ0n) is 17.8. The molecule has 1 fully saturated rings. The van der Waals surface area contributed by atoms with Crippen LogP contribution in [0.1, 0.15) is 19.0 Å². The number of piperazine rings is 1. The fourth-order valence-electron chi connectivity index (χ4n) is 3.38. The van der Waals surface area contributed by atoms with Gasteiger partial charge in [0.25, 0.3) is 10.2 Å². The van der Waals surface area contributed by atoms with E-state index in [4.69, 9.17) is 4.74 Å². The van der Waals surface area contributed by atoms with E-state index in [-0.39, 0.29) is 18.9 Å². The van der Waals surface area contributed by atoms with Gasteiger partial charge < -0.3 is 9.64 Å². The molecule has 1 amide bonds. The third-order valence-corrected chi connectivity index (χ3v) is 7.16. The van der Waals surface area contributed by atoms with Crippen molar-refractivity contribution >= 4 is 16.3 Å². The molecule has 0 saturated carbocycles. The quantitative estimate of drug-likeness (QED) is 0.660. The summed E-state index contributed by atoms with van der Waals surface area (Å²) < 4.78 is 46.4. The maximum absolute atomic E-state index is 13.1. The number of amides is 1. The van der Waals surface area contributed by atoms with Crippen molar-refractivity contribution in [2.75, 3.05) is 46.4 Å². The molecule has 3 rings (SSSR count). The van der Waals surface area contributed by atoms with Crippen molar-refractivity contribution in [2.24, 2.45) is 0 Å². The number of aromatic nitrogens is 2. The molecule has 2 aromatic rings. The average molecular weight is 454 g/mol. The SMILES string of the molecule is CCOC(=O)N1CCN(S(=O)(=O)N(C)CCCc2cc(-c3ccc(F)cc3)n[nH]2)CC1. The van der Waals surface area contributed by atoms with E-state index < -0.39 is 16.3 Å². The Labute approximate surface area is 182 Å². The minimum atomic E-state index is -3.59. The van der Waals surface area contributed by atoms with Crippen molar-refractivity contribution in [2.45, 2.75) is 19.8 Å². The molecule has 2 heterocycles. The van der Waals surface area contributed by atoms with Gasteiger partial charge in [-0.05, 0) is 50.1 Å². The first kappa shape index (κ1) is 23.2. The van der Waals surface area contributed by atoms with Gasteiger partial charge in [-0.25, -0.2) is 9.18 Å². The number of aryl methyl sites for hydroxylation is 1. The van der Waals surface area contributed by atoms with Gasteiger partial charge in [0.2, 0.25) is 0 Å². The molecule has 0 spiro atoms. The molecular weight excluding hydrogens is 425 g/mol. The van der Waals surface area contributed by atoms with Crippen LogP contribution in [-0.4, -0.2) is 84.6 Å². The summed E-state index contributed by atoms with van der Waals surface area (Å²) in [6.07, 6.45) is 0.835. The number of benzene rings is 1. The van der Waals surface area contributed by atoms with Crippen molar-refractivity contribution in [1.29, 1.82) is 0 Å². The second kappa shape index (κ2) is 10.2. The van der Waals surface area contributed by atoms with Gasteiger partial charge in [0, 0.05) is 51.0 Å². The molecule has 0 aliphatic carbocycles. The molecule has 1 aromatic heterocycles. The first-order chi connectivity index (χ1) is 14.8. The first-order valence-electron chi connectivity index (χ1n) is 10.2. The van der Waals surface area contributed by atoms with Crippen LogP contribution in [0.3, 0.4) is 0 Å². The molecule has 170 valence electrons. The van der Waals surface area contributed by atoms with Crippen LogP contribution in [0.25, 0.3) is 11.3 Å². The lowest BCUT2D eigenvalue weighted by Gasteiger charge is -2.35. The number of hydrogen-bond acceptors (Lipinski definition) is 5. The van der Waals surface area contributed by atoms with Gasteiger partial charge in [-0.3, -0.25) is 5.10 Å². The first-order valence-corrected chi connectivity index (χ1v) is 11.6. The Morgan fingerprint density at radius 1 is 1.23 bits per heavy atom. The molecular formula is C20H28FN5O4S. The fraction of sp³-hybridized carbons (Fsp3) is 0.500. The van der Waals surface area contributed by atoms with Crippen LogP contribution in [0, 0.1) is 5.82 Å². The zero-order chi connectivity index (χ0) is 22.4. The standard InChI is InChI=1S/C20H28FN5O4S/c1-3-30-20(27)25-11-13-26(14-12-25)31(28,29)24(2)10-4-5-18-15-19(23-22-18)16-6-8-17(21)9-7-16/h6-9,15H,3-5,10-14H2,1-2H3,(H,22,23). The van der Waals surface area contributed by atoms with E-state index in [9.17, 15) is 17.6 Å². The number of H-pyrrole nitrogens is 1. The summed E-state index contributed by atoms with van der Waals surface area (Å²) in [4.78, 5) is 13.3. The number of rotatable bonds is 8. The maximum atomic E-state index is 13.1. The van der Waals surface area contributed by atoms with Crippen LogP contribution in [0.15, 0.2) is 30.3 Å². The molecule has 11 heteroatoms. The van der Waals surface area contributed by atoms with Crippen LogP contribution in [-0.2, 0) is 21.4 Å². The molecule has 31 heavy (non-hydrogen) atoms. The zero-order valence-corrected chi connectivity index (χ0v) is 18.6. The third kappa shape index (κ3) is 5.81. The van der Waals surface area contributed by atoms with E-state index in [1.54, 1.807) is 26.1 Å². The van der Waals surface area contributed by atoms with Crippen LogP contribution < -0.4 is 0 Å². The summed E-state index contributed by atoms with van der Waals surface area (Å²) in [5.74, 6) is -0.300. The molecule has 1 saturated heterocycles. The molecule has 0 bridgehead atoms. The number of hydrogen-bond donors (Lipinski definition) is 1. The monoisotopic (exact) mass is 453 g/mol. The Balaban J connectivity index is 1.47. The molecule has 1 aromatic carbocycles. The van der Waals surface area contributed by atoms with Crippen LogP contribution in [0.5, 0.6) is 0 Å². The second-order valence-electron chi connectivity index (χ2n) is 7.30. The highest BCUT2D eigenvalue weighted by atomic mass is 32.2. The van der Waals surface area contributed by atoms with E-state index in [0.717, 1.165) is 17.0 Å². The number of ether oxygens (including phenoxy) is 1. The molecule has 1 aliphatic heterocycles. The van der Waals surface area contributed by atoms with Crippen LogP contribution >= 0.6 is 0 Å². The van der Waals surface area contributed by atoms with Gasteiger partial charge >= 0.3 is 6.09 Å². The maximum Gasteiger partial charge on any atom is 0.409 e. The lowest BCUT2D eigenvalue weighted by Crippen LogP contribution is -2.53. The lowest BCUT2D eigenvalue weighted by molar-refractivity contribution is 0.0926. The van der Waals surface area contributed by atoms with Gasteiger partial charge in [0.1, 0.15) is 5.82 Å². The van der Waals surface area contributed by atoms with Gasteiger partial charge in [0.05, 0.1) is 12.3 Å². The summed E-state index contributed by atoms with van der Waals surface area (Å²) in [5.41, 5.74) is 2.41. The molecule has 0 atom stereocenters. The van der Waals surface area contributed by atoms with E-state index in [0.29, 0.717) is 39.1 Å². The molecule has 1 N–H and O–H groups in total. The van der Waals surface area contributed by atoms with Crippen molar-refractivity contribution in [1.82, 2.24) is 23.7 Å². The van der Waals surface area contributed by atoms with Gasteiger partial charge in [-0.1, -0.05) is 0 Å². The summed E-state index contributed by atoms with van der Waals surface area (Å²) in [6, 6.07) is 7.98. The Morgan fingerprint density at radius 2 is 1.90 bits per heavy atom. The normalized spacial score (nSPS) is 15.4. The molecule has 1 aliphatic rings. The van der Waals surface area contributed by atoms with E-state index in [1.807, 2.05) is 6.07 Å². The Hall–Kier alpha value is -2.50. The summed E-state index contributed by atoms with van der Waals surface area (Å²) in [5, 5.41) is 7.19. The minimum Gasteiger partial charge on any atom is -0.450 e. The fourth-order valence-corrected chi connectivity index (χ4v) is 4.76. The lowest BCUT2D eigenvalue weighted by atomic mass is 10.1. The van der Waals surface area contributed by atoms with Crippen LogP contribution in [0.4, 0.5) is 9.18 Å². The Kier molecular flexibility index (Phi) is 7.63. The summed E-state index contributed by atoms with van der Waals surface area (Å²) in [7, 11) is -2.03. The Bertz CT molecular complexity index is 972. The predicted octanol–water partition coefficient (Wildman–Crippen LogP) is 2.10.